The van der Waals surface area contributed by atoms with Crippen LogP contribution >= 0.6 is 12.4 Å². The fourth-order valence-corrected chi connectivity index (χ4v) is 4.10. The number of hydrogen-bond donors (Lipinski definition) is 2. The lowest BCUT2D eigenvalue weighted by molar-refractivity contribution is 0.0996. The van der Waals surface area contributed by atoms with Crippen LogP contribution in [0.2, 0.25) is 0 Å². The molecule has 0 bridgehead atoms. The van der Waals surface area contributed by atoms with Crippen LogP contribution in [-0.4, -0.2) is 57.3 Å². The lowest BCUT2D eigenvalue weighted by atomic mass is 10.1. The second kappa shape index (κ2) is 9.07. The number of aromatic nitrogens is 4. The molecule has 4 heterocycles. The molecule has 9 nitrogen and oxygen atoms in total. The van der Waals surface area contributed by atoms with Gasteiger partial charge in [-0.05, 0) is 33.8 Å². The number of nitrogens with zero attached hydrogens (tertiary/aromatic N) is 5. The minimum atomic E-state index is -0.547. The highest BCUT2D eigenvalue weighted by molar-refractivity contribution is 5.98. The van der Waals surface area contributed by atoms with Crippen molar-refractivity contribution in [3.8, 4) is 17.0 Å². The van der Waals surface area contributed by atoms with Crippen molar-refractivity contribution in [1.29, 1.82) is 0 Å². The molecule has 3 aromatic rings. The molecule has 3 aromatic heterocycles. The molecule has 1 fully saturated rings. The predicted octanol–water partition coefficient (Wildman–Crippen LogP) is 2.21. The van der Waals surface area contributed by atoms with Gasteiger partial charge in [0.2, 0.25) is 0 Å². The molecule has 1 amide bonds. The normalized spacial score (nSPS) is 18.6. The molecule has 0 spiro atoms. The van der Waals surface area contributed by atoms with Gasteiger partial charge in [-0.15, -0.1) is 12.4 Å². The zero-order valence-corrected chi connectivity index (χ0v) is 18.9. The molecule has 0 aliphatic carbocycles. The molecule has 10 heteroatoms. The van der Waals surface area contributed by atoms with E-state index in [0.29, 0.717) is 35.7 Å². The molecule has 1 aliphatic heterocycles. The van der Waals surface area contributed by atoms with Gasteiger partial charge in [0, 0.05) is 25.2 Å². The Morgan fingerprint density at radius 3 is 2.55 bits per heavy atom. The molecule has 31 heavy (non-hydrogen) atoms. The fraction of sp³-hybridized carbons (Fsp3) is 0.429. The Labute approximate surface area is 187 Å². The van der Waals surface area contributed by atoms with Crippen LogP contribution in [0.3, 0.4) is 0 Å². The quantitative estimate of drug-likeness (QED) is 0.619. The molecule has 0 saturated carbocycles. The summed E-state index contributed by atoms with van der Waals surface area (Å²) < 4.78 is 7.25. The van der Waals surface area contributed by atoms with Crippen LogP contribution < -0.4 is 20.7 Å². The van der Waals surface area contributed by atoms with E-state index in [0.717, 1.165) is 35.7 Å². The van der Waals surface area contributed by atoms with Crippen LogP contribution in [-0.2, 0) is 0 Å². The van der Waals surface area contributed by atoms with Crippen LogP contribution in [0.1, 0.15) is 36.8 Å². The highest BCUT2D eigenvalue weighted by atomic mass is 35.5. The van der Waals surface area contributed by atoms with Crippen LogP contribution in [0.5, 0.6) is 5.75 Å². The van der Waals surface area contributed by atoms with Gasteiger partial charge in [-0.1, -0.05) is 0 Å². The third-order valence-corrected chi connectivity index (χ3v) is 5.25. The molecule has 1 aliphatic rings. The Hall–Kier alpha value is -2.91. The fourth-order valence-electron chi connectivity index (χ4n) is 4.10. The van der Waals surface area contributed by atoms with Gasteiger partial charge in [0.15, 0.2) is 0 Å². The number of nitrogens with one attached hydrogen (secondary N) is 1. The Kier molecular flexibility index (Phi) is 6.66. The first-order chi connectivity index (χ1) is 14.4. The van der Waals surface area contributed by atoms with E-state index in [1.165, 1.54) is 0 Å². The summed E-state index contributed by atoms with van der Waals surface area (Å²) in [6.45, 7) is 10.3. The van der Waals surface area contributed by atoms with E-state index in [-0.39, 0.29) is 12.4 Å². The number of amides is 1. The number of carbonyl (C=O) groups excluding carboxylic acids is 1. The summed E-state index contributed by atoms with van der Waals surface area (Å²) in [6, 6.07) is 2.49. The summed E-state index contributed by atoms with van der Waals surface area (Å²) in [5.41, 5.74) is 8.92. The summed E-state index contributed by atoms with van der Waals surface area (Å²) in [5.74, 6) is 0.716. The molecule has 1 saturated heterocycles. The summed E-state index contributed by atoms with van der Waals surface area (Å²) in [5, 5.41) is 8.08. The van der Waals surface area contributed by atoms with Gasteiger partial charge < -0.3 is 20.7 Å². The second-order valence-corrected chi connectivity index (χ2v) is 7.77. The highest BCUT2D eigenvalue weighted by Crippen LogP contribution is 2.30. The first-order valence-corrected chi connectivity index (χ1v) is 10.2. The number of carbonyl (C=O) groups is 1. The zero-order chi connectivity index (χ0) is 21.4. The third kappa shape index (κ3) is 4.42. The Balaban J connectivity index is 0.00000272. The number of anilines is 1. The summed E-state index contributed by atoms with van der Waals surface area (Å²) in [4.78, 5) is 23.5. The van der Waals surface area contributed by atoms with Crippen molar-refractivity contribution in [3.05, 3.63) is 35.9 Å². The van der Waals surface area contributed by atoms with Gasteiger partial charge in [0.25, 0.3) is 5.91 Å². The number of fused-ring (bicyclic) bond motifs is 1. The summed E-state index contributed by atoms with van der Waals surface area (Å²) in [6.07, 6.45) is 5.24. The maximum absolute atomic E-state index is 11.9. The number of piperazine rings is 1. The van der Waals surface area contributed by atoms with Crippen molar-refractivity contribution in [1.82, 2.24) is 24.9 Å². The zero-order valence-electron chi connectivity index (χ0n) is 18.1. The molecule has 0 unspecified atom stereocenters. The maximum Gasteiger partial charge on any atom is 0.252 e. The van der Waals surface area contributed by atoms with Crippen molar-refractivity contribution < 1.29 is 9.53 Å². The van der Waals surface area contributed by atoms with Crippen LogP contribution in [0, 0.1) is 6.92 Å². The number of primary amides is 1. The van der Waals surface area contributed by atoms with Gasteiger partial charge in [0.05, 0.1) is 53.2 Å². The highest BCUT2D eigenvalue weighted by Gasteiger charge is 2.23. The molecule has 166 valence electrons. The van der Waals surface area contributed by atoms with E-state index >= 15 is 0 Å². The van der Waals surface area contributed by atoms with E-state index in [1.54, 1.807) is 29.2 Å². The second-order valence-electron chi connectivity index (χ2n) is 7.77. The topological polar surface area (TPSA) is 111 Å². The first kappa shape index (κ1) is 22.8. The standard InChI is InChI=1S/C21H27N7O2.ClH/c1-5-30-18-11-28-17(6-15(18)21(22)29)20(14(4)26-28)16-7-24-19(8-23-16)27-9-12(2)25-13(3)10-27;/h6-8,11-13,25H,5,9-10H2,1-4H3,(H2,22,29);1H/t12-,13+;. The number of pyridine rings is 1. The van der Waals surface area contributed by atoms with E-state index < -0.39 is 5.91 Å². The van der Waals surface area contributed by atoms with Gasteiger partial charge in [-0.2, -0.15) is 5.10 Å². The largest absolute Gasteiger partial charge is 0.491 e. The summed E-state index contributed by atoms with van der Waals surface area (Å²) >= 11 is 0. The minimum Gasteiger partial charge on any atom is -0.491 e. The number of nitrogens with two attached hydrogens (primary N) is 1. The van der Waals surface area contributed by atoms with Crippen LogP contribution in [0.15, 0.2) is 24.7 Å². The number of ether oxygens (including phenoxy) is 1. The van der Waals surface area contributed by atoms with Crippen LogP contribution in [0.25, 0.3) is 16.8 Å². The van der Waals surface area contributed by atoms with Gasteiger partial charge in [0.1, 0.15) is 11.6 Å². The molecule has 2 atom stereocenters. The Bertz CT molecular complexity index is 1070. The van der Waals surface area contributed by atoms with Crippen LogP contribution in [0.4, 0.5) is 5.82 Å². The van der Waals surface area contributed by atoms with Gasteiger partial charge >= 0.3 is 0 Å². The molecular formula is C21H28ClN7O2. The first-order valence-electron chi connectivity index (χ1n) is 10.2. The third-order valence-electron chi connectivity index (χ3n) is 5.25. The van der Waals surface area contributed by atoms with Crippen molar-refractivity contribution in [3.63, 3.8) is 0 Å². The van der Waals surface area contributed by atoms with Crippen molar-refractivity contribution >= 4 is 29.6 Å². The predicted molar refractivity (Wildman–Crippen MR) is 122 cm³/mol. The molecule has 4 rings (SSSR count). The Morgan fingerprint density at radius 1 is 1.26 bits per heavy atom. The average molecular weight is 446 g/mol. The van der Waals surface area contributed by atoms with E-state index in [2.05, 4.69) is 39.1 Å². The SMILES string of the molecule is CCOc1cn2nc(C)c(-c3cnc(N4C[C@@H](C)N[C@@H](C)C4)cn3)c2cc1C(N)=O.Cl. The molecule has 0 radical (unpaired) electrons. The van der Waals surface area contributed by atoms with Crippen molar-refractivity contribution in [2.75, 3.05) is 24.6 Å². The van der Waals surface area contributed by atoms with Crippen molar-refractivity contribution in [2.24, 2.45) is 5.73 Å². The number of aryl methyl sites for hydroxylation is 1. The maximum atomic E-state index is 11.9. The van der Waals surface area contributed by atoms with Crippen molar-refractivity contribution in [2.45, 2.75) is 39.8 Å². The minimum absolute atomic E-state index is 0. The van der Waals surface area contributed by atoms with Gasteiger partial charge in [-0.3, -0.25) is 9.78 Å². The number of rotatable bonds is 5. The molecule has 0 aromatic carbocycles. The molecular weight excluding hydrogens is 418 g/mol. The van der Waals surface area contributed by atoms with Gasteiger partial charge in [-0.25, -0.2) is 9.50 Å². The average Bonchev–Trinajstić information content (AvgIpc) is 3.01. The number of hydrogen-bond acceptors (Lipinski definition) is 7. The molecule has 3 N–H and O–H groups in total. The van der Waals surface area contributed by atoms with E-state index in [1.807, 2.05) is 13.8 Å². The summed E-state index contributed by atoms with van der Waals surface area (Å²) in [7, 11) is 0. The smallest absolute Gasteiger partial charge is 0.252 e. The van der Waals surface area contributed by atoms with E-state index in [4.69, 9.17) is 10.5 Å². The number of halogens is 1. The Morgan fingerprint density at radius 2 is 1.97 bits per heavy atom. The van der Waals surface area contributed by atoms with E-state index in [9.17, 15) is 4.79 Å². The monoisotopic (exact) mass is 445 g/mol. The lowest BCUT2D eigenvalue weighted by Crippen LogP contribution is -2.54. The lowest BCUT2D eigenvalue weighted by Gasteiger charge is -2.36.